The number of anilines is 3. The van der Waals surface area contributed by atoms with E-state index in [1.165, 1.54) is 6.07 Å². The number of hydrogen-bond donors (Lipinski definition) is 2. The number of nitrogens with one attached hydrogen (secondary N) is 2. The molecule has 0 spiro atoms. The molecule has 0 saturated carbocycles. The molecule has 12 heteroatoms. The Morgan fingerprint density at radius 2 is 1.78 bits per heavy atom. The Labute approximate surface area is 187 Å². The Bertz CT molecular complexity index is 1500. The molecule has 0 fully saturated rings. The van der Waals surface area contributed by atoms with E-state index in [1.54, 1.807) is 66.5 Å². The van der Waals surface area contributed by atoms with Crippen LogP contribution in [-0.4, -0.2) is 36.9 Å². The van der Waals surface area contributed by atoms with E-state index in [2.05, 4.69) is 33.9 Å². The molecule has 0 radical (unpaired) electrons. The zero-order valence-corrected chi connectivity index (χ0v) is 18.3. The summed E-state index contributed by atoms with van der Waals surface area (Å²) in [7, 11) is -3.81. The maximum absolute atomic E-state index is 12.9. The minimum absolute atomic E-state index is 0.0913. The Kier molecular flexibility index (Phi) is 4.99. The van der Waals surface area contributed by atoms with Gasteiger partial charge in [0, 0.05) is 29.8 Å². The van der Waals surface area contributed by atoms with Gasteiger partial charge in [-0.2, -0.15) is 13.8 Å². The van der Waals surface area contributed by atoms with Crippen molar-refractivity contribution >= 4 is 50.0 Å². The molecule has 5 rings (SSSR count). The average molecular weight is 465 g/mol. The van der Waals surface area contributed by atoms with Gasteiger partial charge in [0.15, 0.2) is 5.82 Å². The molecule has 3 heterocycles. The summed E-state index contributed by atoms with van der Waals surface area (Å²) in [6, 6.07) is 15.3. The van der Waals surface area contributed by atoms with Crippen molar-refractivity contribution in [3.8, 4) is 5.82 Å². The summed E-state index contributed by atoms with van der Waals surface area (Å²) < 4.78 is 38.2. The summed E-state index contributed by atoms with van der Waals surface area (Å²) in [6.07, 6.45) is 3.48. The van der Waals surface area contributed by atoms with Crippen molar-refractivity contribution in [1.29, 1.82) is 0 Å². The van der Waals surface area contributed by atoms with E-state index in [9.17, 15) is 8.42 Å². The van der Waals surface area contributed by atoms with Gasteiger partial charge in [-0.1, -0.05) is 6.07 Å². The fourth-order valence-electron chi connectivity index (χ4n) is 3.12. The maximum Gasteiger partial charge on any atom is 0.264 e. The van der Waals surface area contributed by atoms with Gasteiger partial charge in [0.1, 0.15) is 27.6 Å². The van der Waals surface area contributed by atoms with Gasteiger partial charge in [0.05, 0.1) is 11.7 Å². The lowest BCUT2D eigenvalue weighted by Gasteiger charge is -2.11. The highest BCUT2D eigenvalue weighted by atomic mass is 32.2. The highest BCUT2D eigenvalue weighted by Gasteiger charge is 2.19. The van der Waals surface area contributed by atoms with Crippen LogP contribution in [0.2, 0.25) is 0 Å². The number of aromatic nitrogens is 6. The van der Waals surface area contributed by atoms with Crippen LogP contribution in [0.3, 0.4) is 0 Å². The predicted molar refractivity (Wildman–Crippen MR) is 122 cm³/mol. The highest BCUT2D eigenvalue weighted by Crippen LogP contribution is 2.25. The van der Waals surface area contributed by atoms with E-state index >= 15 is 0 Å². The average Bonchev–Trinajstić information content (AvgIpc) is 3.46. The lowest BCUT2D eigenvalue weighted by atomic mass is 10.3. The van der Waals surface area contributed by atoms with Gasteiger partial charge in [-0.3, -0.25) is 4.72 Å². The summed E-state index contributed by atoms with van der Waals surface area (Å²) in [5.74, 6) is 1.83. The molecule has 10 nitrogen and oxygen atoms in total. The third kappa shape index (κ3) is 4.00. The molecule has 0 unspecified atom stereocenters. The summed E-state index contributed by atoms with van der Waals surface area (Å²) in [5.41, 5.74) is 2.07. The van der Waals surface area contributed by atoms with Crippen molar-refractivity contribution in [3.63, 3.8) is 0 Å². The van der Waals surface area contributed by atoms with Gasteiger partial charge in [-0.15, -0.1) is 0 Å². The summed E-state index contributed by atoms with van der Waals surface area (Å²) >= 11 is 0.977. The highest BCUT2D eigenvalue weighted by molar-refractivity contribution is 7.93. The first-order chi connectivity index (χ1) is 15.5. The molecule has 0 atom stereocenters. The number of aryl methyl sites for hydroxylation is 1. The summed E-state index contributed by atoms with van der Waals surface area (Å²) in [6.45, 7) is 1.80. The lowest BCUT2D eigenvalue weighted by molar-refractivity contribution is 0.602. The van der Waals surface area contributed by atoms with Crippen LogP contribution in [0.5, 0.6) is 0 Å². The predicted octanol–water partition coefficient (Wildman–Crippen LogP) is 3.52. The van der Waals surface area contributed by atoms with Crippen LogP contribution in [0.15, 0.2) is 71.9 Å². The molecule has 5 aromatic rings. The van der Waals surface area contributed by atoms with Gasteiger partial charge in [0.25, 0.3) is 10.0 Å². The van der Waals surface area contributed by atoms with Crippen molar-refractivity contribution in [2.24, 2.45) is 0 Å². The quantitative estimate of drug-likeness (QED) is 0.391. The second-order valence-corrected chi connectivity index (χ2v) is 8.98. The second kappa shape index (κ2) is 7.98. The van der Waals surface area contributed by atoms with Gasteiger partial charge in [0.2, 0.25) is 0 Å². The van der Waals surface area contributed by atoms with Crippen molar-refractivity contribution in [1.82, 2.24) is 28.5 Å². The standard InChI is InChI=1S/C20H16N8O2S2/c1-13-22-18(12-19(23-13)28-11-3-10-21-28)24-14-6-8-15(9-7-14)27-32(29,30)17-5-2-4-16-20(17)26-31-25-16/h2-12,27H,1H3,(H,22,23,24). The van der Waals surface area contributed by atoms with E-state index in [1.807, 2.05) is 6.07 Å². The largest absolute Gasteiger partial charge is 0.340 e. The molecule has 0 amide bonds. The van der Waals surface area contributed by atoms with Crippen LogP contribution >= 0.6 is 11.7 Å². The Balaban J connectivity index is 1.35. The fourth-order valence-corrected chi connectivity index (χ4v) is 4.94. The number of nitrogens with zero attached hydrogens (tertiary/aromatic N) is 6. The smallest absolute Gasteiger partial charge is 0.264 e. The van der Waals surface area contributed by atoms with Crippen LogP contribution < -0.4 is 10.0 Å². The van der Waals surface area contributed by atoms with Crippen LogP contribution in [-0.2, 0) is 10.0 Å². The van der Waals surface area contributed by atoms with E-state index in [0.29, 0.717) is 34.2 Å². The van der Waals surface area contributed by atoms with Crippen LogP contribution in [0, 0.1) is 6.92 Å². The van der Waals surface area contributed by atoms with Gasteiger partial charge >= 0.3 is 0 Å². The third-order valence-corrected chi connectivity index (χ3v) is 6.47. The number of rotatable bonds is 6. The Morgan fingerprint density at radius 3 is 2.56 bits per heavy atom. The minimum Gasteiger partial charge on any atom is -0.340 e. The number of fused-ring (bicyclic) bond motifs is 1. The van der Waals surface area contributed by atoms with Crippen molar-refractivity contribution in [2.45, 2.75) is 11.8 Å². The molecule has 0 aliphatic heterocycles. The normalized spacial score (nSPS) is 11.5. The topological polar surface area (TPSA) is 128 Å². The SMILES string of the molecule is Cc1nc(Nc2ccc(NS(=O)(=O)c3cccc4nsnc34)cc2)cc(-n2cccn2)n1. The number of benzene rings is 2. The third-order valence-electron chi connectivity index (χ3n) is 4.51. The first-order valence-corrected chi connectivity index (χ1v) is 11.7. The Morgan fingerprint density at radius 1 is 0.969 bits per heavy atom. The summed E-state index contributed by atoms with van der Waals surface area (Å²) in [4.78, 5) is 8.87. The van der Waals surface area contributed by atoms with Crippen LogP contribution in [0.1, 0.15) is 5.82 Å². The monoisotopic (exact) mass is 464 g/mol. The molecule has 2 aromatic carbocycles. The summed E-state index contributed by atoms with van der Waals surface area (Å²) in [5, 5.41) is 7.39. The molecule has 0 bridgehead atoms. The molecular formula is C20H16N8O2S2. The fraction of sp³-hybridized carbons (Fsp3) is 0.0500. The molecule has 0 saturated heterocycles. The van der Waals surface area contributed by atoms with Gasteiger partial charge in [-0.25, -0.2) is 23.1 Å². The van der Waals surface area contributed by atoms with Crippen molar-refractivity contribution in [2.75, 3.05) is 10.0 Å². The molecule has 0 aliphatic rings. The first-order valence-electron chi connectivity index (χ1n) is 9.45. The van der Waals surface area contributed by atoms with Crippen molar-refractivity contribution < 1.29 is 8.42 Å². The van der Waals surface area contributed by atoms with Crippen molar-refractivity contribution in [3.05, 3.63) is 72.8 Å². The van der Waals surface area contributed by atoms with E-state index in [4.69, 9.17) is 0 Å². The van der Waals surface area contributed by atoms with E-state index in [0.717, 1.165) is 17.4 Å². The molecule has 2 N–H and O–H groups in total. The maximum atomic E-state index is 12.9. The lowest BCUT2D eigenvalue weighted by Crippen LogP contribution is -2.13. The van der Waals surface area contributed by atoms with Crippen LogP contribution in [0.25, 0.3) is 16.9 Å². The Hall–Kier alpha value is -3.90. The van der Waals surface area contributed by atoms with Gasteiger partial charge in [-0.05, 0) is 49.4 Å². The van der Waals surface area contributed by atoms with Gasteiger partial charge < -0.3 is 5.32 Å². The molecule has 32 heavy (non-hydrogen) atoms. The second-order valence-electron chi connectivity index (χ2n) is 6.81. The van der Waals surface area contributed by atoms with Crippen LogP contribution in [0.4, 0.5) is 17.2 Å². The zero-order chi connectivity index (χ0) is 22.1. The number of sulfonamides is 1. The van der Waals surface area contributed by atoms with E-state index < -0.39 is 10.0 Å². The molecule has 160 valence electrons. The van der Waals surface area contributed by atoms with E-state index in [-0.39, 0.29) is 4.90 Å². The molecule has 0 aliphatic carbocycles. The molecule has 3 aromatic heterocycles. The molecular weight excluding hydrogens is 448 g/mol. The zero-order valence-electron chi connectivity index (χ0n) is 16.7. The number of hydrogen-bond acceptors (Lipinski definition) is 9. The minimum atomic E-state index is -3.81. The first kappa shape index (κ1) is 20.0.